The molecule has 0 aliphatic heterocycles. The minimum absolute atomic E-state index is 0.0625. The van der Waals surface area contributed by atoms with Crippen LogP contribution in [0, 0.1) is 5.82 Å². The molecule has 0 aliphatic carbocycles. The van der Waals surface area contributed by atoms with Crippen molar-refractivity contribution in [3.63, 3.8) is 0 Å². The SMILES string of the molecule is CCCNC(=O)[C@H](C)N(Cc1c(Cl)cccc1Cl)C(=O)CN(c1ccc(F)cc1)S(=O)(=O)c1ccc(OCC)cc1. The van der Waals surface area contributed by atoms with Crippen LogP contribution in [0.25, 0.3) is 0 Å². The predicted octanol–water partition coefficient (Wildman–Crippen LogP) is 5.67. The standard InChI is InChI=1S/C29H32Cl2FN3O5S/c1-4-17-33-29(37)20(3)34(18-25-26(30)7-6-8-27(25)31)28(36)19-35(22-11-9-21(32)10-12-22)41(38,39)24-15-13-23(14-16-24)40-5-2/h6-16,20H,4-5,17-19H2,1-3H3,(H,33,37)/t20-/m0/s1. The summed E-state index contributed by atoms with van der Waals surface area (Å²) in [6.07, 6.45) is 0.682. The molecule has 0 unspecified atom stereocenters. The molecule has 12 heteroatoms. The Labute approximate surface area is 250 Å². The van der Waals surface area contributed by atoms with Gasteiger partial charge >= 0.3 is 0 Å². The Morgan fingerprint density at radius 1 is 0.976 bits per heavy atom. The van der Waals surface area contributed by atoms with Crippen LogP contribution in [0.4, 0.5) is 10.1 Å². The van der Waals surface area contributed by atoms with Crippen LogP contribution in [0.1, 0.15) is 32.8 Å². The van der Waals surface area contributed by atoms with Gasteiger partial charge in [-0.2, -0.15) is 0 Å². The Morgan fingerprint density at radius 3 is 2.15 bits per heavy atom. The van der Waals surface area contributed by atoms with Crippen LogP contribution >= 0.6 is 23.2 Å². The number of anilines is 1. The highest BCUT2D eigenvalue weighted by Crippen LogP contribution is 2.29. The largest absolute Gasteiger partial charge is 0.494 e. The van der Waals surface area contributed by atoms with E-state index in [-0.39, 0.29) is 27.2 Å². The second kappa shape index (κ2) is 14.5. The van der Waals surface area contributed by atoms with Crippen LogP contribution in [0.3, 0.4) is 0 Å². The van der Waals surface area contributed by atoms with Crippen molar-refractivity contribution in [1.82, 2.24) is 10.2 Å². The number of benzene rings is 3. The van der Waals surface area contributed by atoms with Crippen molar-refractivity contribution >= 4 is 50.7 Å². The van der Waals surface area contributed by atoms with Gasteiger partial charge in [-0.05, 0) is 80.9 Å². The molecule has 0 aliphatic rings. The Hall–Kier alpha value is -3.34. The van der Waals surface area contributed by atoms with E-state index in [4.69, 9.17) is 27.9 Å². The zero-order valence-electron chi connectivity index (χ0n) is 22.9. The molecule has 3 aromatic rings. The van der Waals surface area contributed by atoms with Crippen molar-refractivity contribution in [2.45, 2.75) is 44.7 Å². The van der Waals surface area contributed by atoms with E-state index in [1.165, 1.54) is 48.2 Å². The van der Waals surface area contributed by atoms with E-state index in [0.29, 0.717) is 30.9 Å². The van der Waals surface area contributed by atoms with Crippen LogP contribution in [-0.4, -0.2) is 50.9 Å². The molecule has 0 spiro atoms. The molecule has 0 radical (unpaired) electrons. The molecule has 0 bridgehead atoms. The van der Waals surface area contributed by atoms with Gasteiger partial charge in [-0.3, -0.25) is 13.9 Å². The van der Waals surface area contributed by atoms with Gasteiger partial charge in [-0.15, -0.1) is 0 Å². The molecule has 220 valence electrons. The Kier molecular flexibility index (Phi) is 11.4. The summed E-state index contributed by atoms with van der Waals surface area (Å²) in [5.74, 6) is -1.22. The minimum Gasteiger partial charge on any atom is -0.494 e. The van der Waals surface area contributed by atoms with Crippen LogP contribution < -0.4 is 14.4 Å². The quantitative estimate of drug-likeness (QED) is 0.265. The first-order valence-electron chi connectivity index (χ1n) is 13.0. The number of hydrogen-bond acceptors (Lipinski definition) is 5. The van der Waals surface area contributed by atoms with Crippen molar-refractivity contribution in [3.8, 4) is 5.75 Å². The molecule has 0 aromatic heterocycles. The topological polar surface area (TPSA) is 96.0 Å². The molecule has 2 amide bonds. The fourth-order valence-electron chi connectivity index (χ4n) is 3.97. The third-order valence-electron chi connectivity index (χ3n) is 6.22. The van der Waals surface area contributed by atoms with Crippen molar-refractivity contribution in [2.75, 3.05) is 24.0 Å². The Bertz CT molecular complexity index is 1430. The summed E-state index contributed by atoms with van der Waals surface area (Å²) in [5, 5.41) is 3.33. The highest BCUT2D eigenvalue weighted by Gasteiger charge is 2.33. The maximum Gasteiger partial charge on any atom is 0.264 e. The van der Waals surface area contributed by atoms with Crippen molar-refractivity contribution in [2.24, 2.45) is 0 Å². The zero-order chi connectivity index (χ0) is 30.2. The molecule has 8 nitrogen and oxygen atoms in total. The van der Waals surface area contributed by atoms with Crippen LogP contribution in [-0.2, 0) is 26.2 Å². The average Bonchev–Trinajstić information content (AvgIpc) is 2.95. The molecular formula is C29H32Cl2FN3O5S. The third kappa shape index (κ3) is 8.12. The summed E-state index contributed by atoms with van der Waals surface area (Å²) in [5.41, 5.74) is 0.467. The highest BCUT2D eigenvalue weighted by atomic mass is 35.5. The number of ether oxygens (including phenoxy) is 1. The maximum absolute atomic E-state index is 13.9. The van der Waals surface area contributed by atoms with Gasteiger partial charge in [0, 0.05) is 28.7 Å². The third-order valence-corrected chi connectivity index (χ3v) is 8.72. The van der Waals surface area contributed by atoms with Crippen LogP contribution in [0.15, 0.2) is 71.6 Å². The summed E-state index contributed by atoms with van der Waals surface area (Å²) in [4.78, 5) is 28.0. The number of nitrogens with one attached hydrogen (secondary N) is 1. The van der Waals surface area contributed by atoms with Crippen molar-refractivity contribution in [1.29, 1.82) is 0 Å². The van der Waals surface area contributed by atoms with Gasteiger partial charge in [0.1, 0.15) is 24.2 Å². The monoisotopic (exact) mass is 623 g/mol. The lowest BCUT2D eigenvalue weighted by molar-refractivity contribution is -0.139. The van der Waals surface area contributed by atoms with E-state index in [1.807, 2.05) is 6.92 Å². The van der Waals surface area contributed by atoms with Gasteiger partial charge < -0.3 is 15.0 Å². The predicted molar refractivity (Wildman–Crippen MR) is 158 cm³/mol. The lowest BCUT2D eigenvalue weighted by atomic mass is 10.1. The van der Waals surface area contributed by atoms with Gasteiger partial charge in [-0.1, -0.05) is 36.2 Å². The lowest BCUT2D eigenvalue weighted by Gasteiger charge is -2.32. The van der Waals surface area contributed by atoms with E-state index < -0.39 is 40.2 Å². The van der Waals surface area contributed by atoms with Gasteiger partial charge in [0.25, 0.3) is 10.0 Å². The number of carbonyl (C=O) groups excluding carboxylic acids is 2. The first-order valence-corrected chi connectivity index (χ1v) is 15.2. The van der Waals surface area contributed by atoms with Crippen molar-refractivity contribution in [3.05, 3.63) is 88.2 Å². The average molecular weight is 625 g/mol. The normalized spacial score (nSPS) is 12.0. The fraction of sp³-hybridized carbons (Fsp3) is 0.310. The second-order valence-electron chi connectivity index (χ2n) is 9.08. The first kappa shape index (κ1) is 32.2. The van der Waals surface area contributed by atoms with E-state index in [0.717, 1.165) is 16.4 Å². The fourth-order valence-corrected chi connectivity index (χ4v) is 5.90. The number of hydrogen-bond donors (Lipinski definition) is 1. The number of carbonyl (C=O) groups is 2. The smallest absolute Gasteiger partial charge is 0.264 e. The van der Waals surface area contributed by atoms with Crippen LogP contribution in [0.2, 0.25) is 10.0 Å². The summed E-state index contributed by atoms with van der Waals surface area (Å²) >= 11 is 12.8. The molecule has 0 saturated carbocycles. The number of sulfonamides is 1. The summed E-state index contributed by atoms with van der Waals surface area (Å²) < 4.78 is 47.8. The number of nitrogens with zero attached hydrogens (tertiary/aromatic N) is 2. The molecule has 0 heterocycles. The van der Waals surface area contributed by atoms with Gasteiger partial charge in [0.05, 0.1) is 17.2 Å². The van der Waals surface area contributed by atoms with Crippen molar-refractivity contribution < 1.29 is 27.1 Å². The molecule has 3 rings (SSSR count). The van der Waals surface area contributed by atoms with Gasteiger partial charge in [0.15, 0.2) is 0 Å². The number of amides is 2. The zero-order valence-corrected chi connectivity index (χ0v) is 25.3. The highest BCUT2D eigenvalue weighted by molar-refractivity contribution is 7.92. The van der Waals surface area contributed by atoms with E-state index in [9.17, 15) is 22.4 Å². The summed E-state index contributed by atoms with van der Waals surface area (Å²) in [6.45, 7) is 5.19. The summed E-state index contributed by atoms with van der Waals surface area (Å²) in [6, 6.07) is 14.3. The van der Waals surface area contributed by atoms with E-state index >= 15 is 0 Å². The molecular weight excluding hydrogens is 592 g/mol. The minimum atomic E-state index is -4.32. The molecule has 41 heavy (non-hydrogen) atoms. The Morgan fingerprint density at radius 2 is 1.59 bits per heavy atom. The molecule has 1 N–H and O–H groups in total. The number of rotatable bonds is 13. The molecule has 3 aromatic carbocycles. The first-order chi connectivity index (χ1) is 19.5. The van der Waals surface area contributed by atoms with E-state index in [2.05, 4.69) is 5.32 Å². The summed E-state index contributed by atoms with van der Waals surface area (Å²) in [7, 11) is -4.32. The number of halogens is 3. The molecule has 1 atom stereocenters. The molecule has 0 fully saturated rings. The van der Waals surface area contributed by atoms with Crippen LogP contribution in [0.5, 0.6) is 5.75 Å². The Balaban J connectivity index is 2.04. The maximum atomic E-state index is 13.9. The van der Waals surface area contributed by atoms with E-state index in [1.54, 1.807) is 25.1 Å². The lowest BCUT2D eigenvalue weighted by Crippen LogP contribution is -2.51. The van der Waals surface area contributed by atoms with Gasteiger partial charge in [-0.25, -0.2) is 12.8 Å². The van der Waals surface area contributed by atoms with Gasteiger partial charge in [0.2, 0.25) is 11.8 Å². The molecule has 0 saturated heterocycles. The second-order valence-corrected chi connectivity index (χ2v) is 11.8.